The van der Waals surface area contributed by atoms with Crippen molar-refractivity contribution >= 4 is 11.9 Å². The van der Waals surface area contributed by atoms with E-state index in [1.165, 1.54) is 21.3 Å². The van der Waals surface area contributed by atoms with Crippen molar-refractivity contribution in [1.82, 2.24) is 0 Å². The summed E-state index contributed by atoms with van der Waals surface area (Å²) in [6, 6.07) is 0. The van der Waals surface area contributed by atoms with Gasteiger partial charge in [0.05, 0.1) is 27.4 Å². The van der Waals surface area contributed by atoms with Crippen LogP contribution in [0.25, 0.3) is 0 Å². The van der Waals surface area contributed by atoms with E-state index in [2.05, 4.69) is 0 Å². The Morgan fingerprint density at radius 3 is 2.11 bits per heavy atom. The van der Waals surface area contributed by atoms with E-state index in [9.17, 15) is 9.59 Å². The van der Waals surface area contributed by atoms with Gasteiger partial charge < -0.3 is 18.9 Å². The van der Waals surface area contributed by atoms with E-state index in [0.717, 1.165) is 0 Å². The molecule has 0 unspecified atom stereocenters. The van der Waals surface area contributed by atoms with Crippen LogP contribution in [0, 0.1) is 17.3 Å². The average molecular weight is 274 g/mol. The van der Waals surface area contributed by atoms with Crippen molar-refractivity contribution in [2.24, 2.45) is 17.3 Å². The van der Waals surface area contributed by atoms with Gasteiger partial charge >= 0.3 is 11.9 Å². The van der Waals surface area contributed by atoms with Gasteiger partial charge in [-0.2, -0.15) is 0 Å². The molecule has 110 valence electrons. The molecule has 1 rings (SSSR count). The first-order valence-corrected chi connectivity index (χ1v) is 6.24. The second-order valence-corrected chi connectivity index (χ2v) is 4.98. The number of carbonyl (C=O) groups is 2. The Hall–Kier alpha value is -1.14. The maximum atomic E-state index is 12.3. The molecule has 1 aliphatic rings. The third kappa shape index (κ3) is 2.47. The molecule has 6 nitrogen and oxygen atoms in total. The lowest BCUT2D eigenvalue weighted by Gasteiger charge is -2.34. The molecule has 1 fully saturated rings. The van der Waals surface area contributed by atoms with E-state index in [1.807, 2.05) is 13.8 Å². The summed E-state index contributed by atoms with van der Waals surface area (Å²) >= 11 is 0. The molecule has 1 heterocycles. The van der Waals surface area contributed by atoms with Gasteiger partial charge in [0.1, 0.15) is 6.10 Å². The maximum absolute atomic E-state index is 12.3. The molecule has 0 aromatic rings. The summed E-state index contributed by atoms with van der Waals surface area (Å²) in [5.74, 6) is -1.48. The van der Waals surface area contributed by atoms with E-state index in [4.69, 9.17) is 18.9 Å². The van der Waals surface area contributed by atoms with Crippen molar-refractivity contribution in [2.45, 2.75) is 20.0 Å². The number of methoxy groups -OCH3 is 3. The van der Waals surface area contributed by atoms with Crippen molar-refractivity contribution in [3.05, 3.63) is 0 Å². The van der Waals surface area contributed by atoms with Gasteiger partial charge in [-0.3, -0.25) is 9.59 Å². The normalized spacial score (nSPS) is 25.4. The number of hydrogen-bond donors (Lipinski definition) is 0. The number of ether oxygens (including phenoxy) is 4. The van der Waals surface area contributed by atoms with Gasteiger partial charge in [-0.05, 0) is 5.92 Å². The van der Waals surface area contributed by atoms with Crippen molar-refractivity contribution < 1.29 is 28.5 Å². The summed E-state index contributed by atoms with van der Waals surface area (Å²) in [5.41, 5.74) is -1.45. The average Bonchev–Trinajstić information content (AvgIpc) is 2.77. The molecule has 0 aliphatic carbocycles. The molecule has 0 saturated carbocycles. The van der Waals surface area contributed by atoms with Crippen LogP contribution < -0.4 is 0 Å². The largest absolute Gasteiger partial charge is 0.468 e. The van der Waals surface area contributed by atoms with Crippen LogP contribution in [0.2, 0.25) is 0 Å². The molecule has 0 radical (unpaired) electrons. The molecule has 0 aromatic heterocycles. The minimum Gasteiger partial charge on any atom is -0.468 e. The van der Waals surface area contributed by atoms with Crippen molar-refractivity contribution in [3.63, 3.8) is 0 Å². The highest BCUT2D eigenvalue weighted by Crippen LogP contribution is 2.46. The number of carbonyl (C=O) groups excluding carboxylic acids is 2. The van der Waals surface area contributed by atoms with Crippen LogP contribution in [0.1, 0.15) is 13.8 Å². The third-order valence-electron chi connectivity index (χ3n) is 3.74. The van der Waals surface area contributed by atoms with Crippen LogP contribution in [0.5, 0.6) is 0 Å². The Balaban J connectivity index is 3.30. The molecule has 19 heavy (non-hydrogen) atoms. The molecular formula is C13H22O6. The predicted molar refractivity (Wildman–Crippen MR) is 66.4 cm³/mol. The highest BCUT2D eigenvalue weighted by Gasteiger charge is 2.65. The first-order chi connectivity index (χ1) is 8.96. The predicted octanol–water partition coefficient (Wildman–Crippen LogP) is 0.636. The van der Waals surface area contributed by atoms with Gasteiger partial charge in [0.15, 0.2) is 5.41 Å². The second kappa shape index (κ2) is 6.34. The van der Waals surface area contributed by atoms with Gasteiger partial charge in [0.25, 0.3) is 0 Å². The molecule has 1 saturated heterocycles. The Bertz CT molecular complexity index is 322. The van der Waals surface area contributed by atoms with Crippen LogP contribution in [-0.4, -0.2) is 52.6 Å². The summed E-state index contributed by atoms with van der Waals surface area (Å²) in [5, 5.41) is 0. The van der Waals surface area contributed by atoms with E-state index >= 15 is 0 Å². The fraction of sp³-hybridized carbons (Fsp3) is 0.846. The first-order valence-electron chi connectivity index (χ1n) is 6.24. The Kier molecular flexibility index (Phi) is 5.31. The number of rotatable bonds is 5. The molecule has 2 atom stereocenters. The Morgan fingerprint density at radius 2 is 1.74 bits per heavy atom. The van der Waals surface area contributed by atoms with E-state index in [-0.39, 0.29) is 18.4 Å². The smallest absolute Gasteiger partial charge is 0.326 e. The van der Waals surface area contributed by atoms with Crippen LogP contribution in [0.4, 0.5) is 0 Å². The summed E-state index contributed by atoms with van der Waals surface area (Å²) < 4.78 is 20.3. The molecule has 0 amide bonds. The SMILES string of the molecule is COC[C@@H]1OC[C@H](C(C)C)C1(C(=O)OC)C(=O)OC. The van der Waals surface area contributed by atoms with Gasteiger partial charge in [0.2, 0.25) is 0 Å². The van der Waals surface area contributed by atoms with Crippen LogP contribution in [0.15, 0.2) is 0 Å². The highest BCUT2D eigenvalue weighted by atomic mass is 16.6. The highest BCUT2D eigenvalue weighted by molar-refractivity contribution is 6.01. The van der Waals surface area contributed by atoms with Crippen molar-refractivity contribution in [1.29, 1.82) is 0 Å². The van der Waals surface area contributed by atoms with Gasteiger partial charge in [-0.15, -0.1) is 0 Å². The molecule has 0 aromatic carbocycles. The molecule has 0 spiro atoms. The van der Waals surface area contributed by atoms with Crippen molar-refractivity contribution in [3.8, 4) is 0 Å². The molecular weight excluding hydrogens is 252 g/mol. The first kappa shape index (κ1) is 15.9. The monoisotopic (exact) mass is 274 g/mol. The molecule has 0 N–H and O–H groups in total. The minimum atomic E-state index is -1.45. The lowest BCUT2D eigenvalue weighted by molar-refractivity contribution is -0.179. The maximum Gasteiger partial charge on any atom is 0.326 e. The van der Waals surface area contributed by atoms with Crippen molar-refractivity contribution in [2.75, 3.05) is 34.5 Å². The summed E-state index contributed by atoms with van der Waals surface area (Å²) in [6.45, 7) is 4.30. The summed E-state index contributed by atoms with van der Waals surface area (Å²) in [6.07, 6.45) is -0.690. The van der Waals surface area contributed by atoms with Crippen LogP contribution >= 0.6 is 0 Å². The van der Waals surface area contributed by atoms with Gasteiger partial charge in [-0.25, -0.2) is 0 Å². The molecule has 1 aliphatic heterocycles. The topological polar surface area (TPSA) is 71.1 Å². The van der Waals surface area contributed by atoms with E-state index < -0.39 is 23.5 Å². The van der Waals surface area contributed by atoms with E-state index in [1.54, 1.807) is 0 Å². The Labute approximate surface area is 113 Å². The zero-order valence-electron chi connectivity index (χ0n) is 12.1. The molecule has 6 heteroatoms. The Morgan fingerprint density at radius 1 is 1.21 bits per heavy atom. The lowest BCUT2D eigenvalue weighted by atomic mass is 9.69. The van der Waals surface area contributed by atoms with Crippen LogP contribution in [-0.2, 0) is 28.5 Å². The number of esters is 2. The van der Waals surface area contributed by atoms with Gasteiger partial charge in [0, 0.05) is 13.0 Å². The summed E-state index contributed by atoms with van der Waals surface area (Å²) in [7, 11) is 4.00. The third-order valence-corrected chi connectivity index (χ3v) is 3.74. The lowest BCUT2D eigenvalue weighted by Crippen LogP contribution is -2.54. The zero-order chi connectivity index (χ0) is 14.6. The standard InChI is InChI=1S/C13H22O6/c1-8(2)9-6-19-10(7-16-3)13(9,11(14)17-4)12(15)18-5/h8-10H,6-7H2,1-5H3/t9-,10+/m1/s1. The fourth-order valence-corrected chi connectivity index (χ4v) is 2.76. The summed E-state index contributed by atoms with van der Waals surface area (Å²) in [4.78, 5) is 24.6. The quantitative estimate of drug-likeness (QED) is 0.541. The van der Waals surface area contributed by atoms with E-state index in [0.29, 0.717) is 6.61 Å². The van der Waals surface area contributed by atoms with Crippen LogP contribution in [0.3, 0.4) is 0 Å². The molecule has 0 bridgehead atoms. The fourth-order valence-electron chi connectivity index (χ4n) is 2.76. The minimum absolute atomic E-state index is 0.0695. The zero-order valence-corrected chi connectivity index (χ0v) is 12.1. The second-order valence-electron chi connectivity index (χ2n) is 4.98. The van der Waals surface area contributed by atoms with Gasteiger partial charge in [-0.1, -0.05) is 13.8 Å². The number of hydrogen-bond acceptors (Lipinski definition) is 6.